The fraction of sp³-hybridized carbons (Fsp3) is 0.261. The molecule has 12 heteroatoms. The Morgan fingerprint density at radius 3 is 2.66 bits per heavy atom. The van der Waals surface area contributed by atoms with Gasteiger partial charge in [0.1, 0.15) is 17.8 Å². The third-order valence-electron chi connectivity index (χ3n) is 6.09. The summed E-state index contributed by atoms with van der Waals surface area (Å²) in [6.45, 7) is 0.169. The second-order valence-corrected chi connectivity index (χ2v) is 8.36. The number of fused-ring (bicyclic) bond motifs is 1. The van der Waals surface area contributed by atoms with E-state index in [0.29, 0.717) is 16.8 Å². The summed E-state index contributed by atoms with van der Waals surface area (Å²) in [5.74, 6) is -1.19. The molecule has 3 heterocycles. The van der Waals surface area contributed by atoms with Gasteiger partial charge >= 0.3 is 6.18 Å². The number of alkyl halides is 3. The summed E-state index contributed by atoms with van der Waals surface area (Å²) >= 11 is 0. The van der Waals surface area contributed by atoms with Crippen molar-refractivity contribution in [3.8, 4) is 5.69 Å². The molecular weight excluding hydrogens is 467 g/mol. The van der Waals surface area contributed by atoms with E-state index in [2.05, 4.69) is 15.6 Å². The highest BCUT2D eigenvalue weighted by atomic mass is 19.4. The molecule has 2 unspecified atom stereocenters. The van der Waals surface area contributed by atoms with Gasteiger partial charge in [0, 0.05) is 18.5 Å². The standard InChI is InChI=1S/C23H18F3N5O4/c24-23(25,26)14-3-1-2-12(8-14)20(33)17-11-31(29-28-17)15-4-5-16-13(9-15)10-30(22(16)35)18-6-7-19(32)27-21(18)34/h1-5,8-9,11,18,20,33H,6-7,10H2,(H,27,32,34). The molecule has 9 nitrogen and oxygen atoms in total. The van der Waals surface area contributed by atoms with E-state index in [9.17, 15) is 32.7 Å². The molecule has 0 aliphatic carbocycles. The fourth-order valence-corrected chi connectivity index (χ4v) is 4.29. The lowest BCUT2D eigenvalue weighted by atomic mass is 10.0. The number of aliphatic hydroxyl groups excluding tert-OH is 1. The first kappa shape index (κ1) is 22.7. The van der Waals surface area contributed by atoms with Gasteiger partial charge in [-0.3, -0.25) is 19.7 Å². The van der Waals surface area contributed by atoms with Gasteiger partial charge in [0.2, 0.25) is 11.8 Å². The quantitative estimate of drug-likeness (QED) is 0.547. The van der Waals surface area contributed by atoms with Crippen LogP contribution in [-0.4, -0.2) is 48.8 Å². The monoisotopic (exact) mass is 485 g/mol. The Labute approximate surface area is 196 Å². The molecule has 5 rings (SSSR count). The van der Waals surface area contributed by atoms with E-state index in [1.807, 2.05) is 0 Å². The van der Waals surface area contributed by atoms with Gasteiger partial charge in [0.05, 0.1) is 17.4 Å². The normalized spacial score (nSPS) is 19.0. The van der Waals surface area contributed by atoms with E-state index < -0.39 is 29.8 Å². The van der Waals surface area contributed by atoms with Gasteiger partial charge in [-0.1, -0.05) is 17.3 Å². The number of carbonyl (C=O) groups excluding carboxylic acids is 3. The topological polar surface area (TPSA) is 117 Å². The summed E-state index contributed by atoms with van der Waals surface area (Å²) in [6, 6.07) is 8.49. The summed E-state index contributed by atoms with van der Waals surface area (Å²) < 4.78 is 40.3. The van der Waals surface area contributed by atoms with Crippen molar-refractivity contribution in [3.63, 3.8) is 0 Å². The zero-order valence-electron chi connectivity index (χ0n) is 18.0. The molecule has 2 N–H and O–H groups in total. The summed E-state index contributed by atoms with van der Waals surface area (Å²) in [5.41, 5.74) is 0.759. The molecule has 3 amide bonds. The number of carbonyl (C=O) groups is 3. The summed E-state index contributed by atoms with van der Waals surface area (Å²) in [5, 5.41) is 20.7. The van der Waals surface area contributed by atoms with Crippen molar-refractivity contribution in [2.24, 2.45) is 0 Å². The first-order valence-corrected chi connectivity index (χ1v) is 10.7. The van der Waals surface area contributed by atoms with Crippen molar-refractivity contribution in [3.05, 3.63) is 76.6 Å². The molecule has 2 aliphatic rings. The number of piperidine rings is 1. The van der Waals surface area contributed by atoms with Gasteiger partial charge in [-0.25, -0.2) is 4.68 Å². The number of hydrogen-bond donors (Lipinski definition) is 2. The molecular formula is C23H18F3N5O4. The Morgan fingerprint density at radius 2 is 1.91 bits per heavy atom. The van der Waals surface area contributed by atoms with E-state index in [1.165, 1.54) is 27.9 Å². The maximum atomic E-state index is 13.0. The van der Waals surface area contributed by atoms with Crippen molar-refractivity contribution in [1.82, 2.24) is 25.2 Å². The van der Waals surface area contributed by atoms with Crippen molar-refractivity contribution in [2.45, 2.75) is 37.7 Å². The molecule has 0 radical (unpaired) electrons. The maximum absolute atomic E-state index is 13.0. The van der Waals surface area contributed by atoms with E-state index in [0.717, 1.165) is 12.1 Å². The minimum absolute atomic E-state index is 0.0197. The number of hydrogen-bond acceptors (Lipinski definition) is 6. The van der Waals surface area contributed by atoms with E-state index in [-0.39, 0.29) is 42.5 Å². The highest BCUT2D eigenvalue weighted by Gasteiger charge is 2.39. The number of nitrogens with one attached hydrogen (secondary N) is 1. The summed E-state index contributed by atoms with van der Waals surface area (Å²) in [6.07, 6.45) is -4.18. The van der Waals surface area contributed by atoms with Crippen LogP contribution < -0.4 is 5.32 Å². The van der Waals surface area contributed by atoms with Crippen LogP contribution in [0.4, 0.5) is 13.2 Å². The van der Waals surface area contributed by atoms with E-state index in [4.69, 9.17) is 0 Å². The largest absolute Gasteiger partial charge is 0.416 e. The number of rotatable bonds is 4. The highest BCUT2D eigenvalue weighted by molar-refractivity contribution is 6.05. The average molecular weight is 485 g/mol. The predicted octanol–water partition coefficient (Wildman–Crippen LogP) is 2.13. The van der Waals surface area contributed by atoms with Gasteiger partial charge in [0.15, 0.2) is 0 Å². The van der Waals surface area contributed by atoms with Crippen molar-refractivity contribution < 1.29 is 32.7 Å². The van der Waals surface area contributed by atoms with Crippen LogP contribution in [-0.2, 0) is 22.3 Å². The second-order valence-electron chi connectivity index (χ2n) is 8.36. The number of imide groups is 1. The molecule has 1 aromatic heterocycles. The van der Waals surface area contributed by atoms with Gasteiger partial charge in [0.25, 0.3) is 5.91 Å². The van der Waals surface area contributed by atoms with Crippen LogP contribution in [0.5, 0.6) is 0 Å². The van der Waals surface area contributed by atoms with Crippen LogP contribution in [0, 0.1) is 0 Å². The Morgan fingerprint density at radius 1 is 1.11 bits per heavy atom. The molecule has 0 saturated carbocycles. The average Bonchev–Trinajstić information content (AvgIpc) is 3.43. The Bertz CT molecular complexity index is 1350. The molecule has 35 heavy (non-hydrogen) atoms. The number of nitrogens with zero attached hydrogens (tertiary/aromatic N) is 4. The Balaban J connectivity index is 1.37. The van der Waals surface area contributed by atoms with Gasteiger partial charge in [-0.15, -0.1) is 5.10 Å². The predicted molar refractivity (Wildman–Crippen MR) is 113 cm³/mol. The van der Waals surface area contributed by atoms with Crippen molar-refractivity contribution in [1.29, 1.82) is 0 Å². The highest BCUT2D eigenvalue weighted by Crippen LogP contribution is 2.32. The van der Waals surface area contributed by atoms with Crippen LogP contribution in [0.15, 0.2) is 48.7 Å². The molecule has 2 aromatic carbocycles. The first-order chi connectivity index (χ1) is 16.6. The lowest BCUT2D eigenvalue weighted by Gasteiger charge is -2.29. The van der Waals surface area contributed by atoms with Gasteiger partial charge in [-0.05, 0) is 47.9 Å². The third-order valence-corrected chi connectivity index (χ3v) is 6.09. The molecule has 2 atom stereocenters. The molecule has 180 valence electrons. The minimum atomic E-state index is -4.54. The number of halogens is 3. The SMILES string of the molecule is O=C1CCC(N2Cc3cc(-n4cc(C(O)c5cccc(C(F)(F)F)c5)nn4)ccc3C2=O)C(=O)N1. The molecule has 2 aliphatic heterocycles. The minimum Gasteiger partial charge on any atom is -0.382 e. The Kier molecular flexibility index (Phi) is 5.39. The lowest BCUT2D eigenvalue weighted by molar-refractivity contribution is -0.138. The molecule has 0 bridgehead atoms. The molecule has 1 saturated heterocycles. The molecule has 3 aromatic rings. The fourth-order valence-electron chi connectivity index (χ4n) is 4.29. The zero-order valence-corrected chi connectivity index (χ0v) is 18.0. The van der Waals surface area contributed by atoms with E-state index in [1.54, 1.807) is 18.2 Å². The smallest absolute Gasteiger partial charge is 0.382 e. The Hall–Kier alpha value is -4.06. The molecule has 1 fully saturated rings. The third kappa shape index (κ3) is 4.16. The van der Waals surface area contributed by atoms with Crippen molar-refractivity contribution >= 4 is 17.7 Å². The van der Waals surface area contributed by atoms with Crippen LogP contribution in [0.25, 0.3) is 5.69 Å². The van der Waals surface area contributed by atoms with Crippen LogP contribution in [0.3, 0.4) is 0 Å². The number of aromatic nitrogens is 3. The van der Waals surface area contributed by atoms with Crippen molar-refractivity contribution in [2.75, 3.05) is 0 Å². The summed E-state index contributed by atoms with van der Waals surface area (Å²) in [4.78, 5) is 37.9. The second kappa shape index (κ2) is 8.31. The zero-order chi connectivity index (χ0) is 24.9. The van der Waals surface area contributed by atoms with Crippen LogP contribution in [0.1, 0.15) is 51.7 Å². The van der Waals surface area contributed by atoms with E-state index >= 15 is 0 Å². The van der Waals surface area contributed by atoms with Gasteiger partial charge in [-0.2, -0.15) is 13.2 Å². The van der Waals surface area contributed by atoms with Crippen LogP contribution >= 0.6 is 0 Å². The number of aliphatic hydroxyl groups is 1. The first-order valence-electron chi connectivity index (χ1n) is 10.7. The summed E-state index contributed by atoms with van der Waals surface area (Å²) in [7, 11) is 0. The number of amides is 3. The number of benzene rings is 2. The van der Waals surface area contributed by atoms with Gasteiger partial charge < -0.3 is 10.0 Å². The lowest BCUT2D eigenvalue weighted by Crippen LogP contribution is -2.52. The molecule has 0 spiro atoms. The maximum Gasteiger partial charge on any atom is 0.416 e. The van der Waals surface area contributed by atoms with Crippen LogP contribution in [0.2, 0.25) is 0 Å².